The third-order valence-corrected chi connectivity index (χ3v) is 5.88. The van der Waals surface area contributed by atoms with Gasteiger partial charge in [-0.15, -0.1) is 11.3 Å². The van der Waals surface area contributed by atoms with Gasteiger partial charge in [-0.3, -0.25) is 4.90 Å². The highest BCUT2D eigenvalue weighted by Crippen LogP contribution is 2.34. The van der Waals surface area contributed by atoms with E-state index in [1.807, 2.05) is 0 Å². The van der Waals surface area contributed by atoms with Gasteiger partial charge in [0.05, 0.1) is 19.0 Å². The molecule has 2 N–H and O–H groups in total. The third-order valence-electron chi connectivity index (χ3n) is 4.32. The Kier molecular flexibility index (Phi) is 7.25. The van der Waals surface area contributed by atoms with Crippen molar-refractivity contribution in [2.45, 2.75) is 18.8 Å². The molecule has 27 heavy (non-hydrogen) atoms. The van der Waals surface area contributed by atoms with Gasteiger partial charge in [0.2, 0.25) is 10.0 Å². The smallest absolute Gasteiger partial charge is 0.475 e. The third kappa shape index (κ3) is 7.03. The summed E-state index contributed by atoms with van der Waals surface area (Å²) < 4.78 is 62.6. The molecule has 3 atom stereocenters. The van der Waals surface area contributed by atoms with Gasteiger partial charge in [-0.1, -0.05) is 6.07 Å². The number of hydrogen-bond acceptors (Lipinski definition) is 6. The van der Waals surface area contributed by atoms with Crippen molar-refractivity contribution in [1.29, 1.82) is 0 Å². The molecule has 2 saturated heterocycles. The van der Waals surface area contributed by atoms with Gasteiger partial charge in [0.1, 0.15) is 0 Å². The first-order valence-electron chi connectivity index (χ1n) is 8.07. The number of nitrogens with one attached hydrogen (secondary N) is 1. The normalized spacial score (nSPS) is 25.7. The van der Waals surface area contributed by atoms with E-state index in [4.69, 9.17) is 14.6 Å². The second-order valence-corrected chi connectivity index (χ2v) is 9.36. The van der Waals surface area contributed by atoms with Crippen molar-refractivity contribution in [3.05, 3.63) is 22.4 Å². The predicted molar refractivity (Wildman–Crippen MR) is 92.9 cm³/mol. The Morgan fingerprint density at radius 2 is 2.11 bits per heavy atom. The molecule has 1 aromatic heterocycles. The second-order valence-electron chi connectivity index (χ2n) is 6.49. The fraction of sp³-hybridized carbons (Fsp3) is 0.667. The van der Waals surface area contributed by atoms with Crippen molar-refractivity contribution in [1.82, 2.24) is 9.62 Å². The van der Waals surface area contributed by atoms with Gasteiger partial charge in [0.25, 0.3) is 0 Å². The number of carboxylic acids is 1. The minimum absolute atomic E-state index is 0.265. The Hall–Kier alpha value is -1.21. The van der Waals surface area contributed by atoms with Gasteiger partial charge in [-0.2, -0.15) is 13.2 Å². The topological polar surface area (TPSA) is 95.9 Å². The lowest BCUT2D eigenvalue weighted by Gasteiger charge is -2.19. The van der Waals surface area contributed by atoms with Crippen molar-refractivity contribution in [2.24, 2.45) is 11.8 Å². The predicted octanol–water partition coefficient (Wildman–Crippen LogP) is 1.38. The molecule has 2 fully saturated rings. The van der Waals surface area contributed by atoms with E-state index in [1.54, 1.807) is 11.3 Å². The van der Waals surface area contributed by atoms with Crippen LogP contribution in [0.4, 0.5) is 13.2 Å². The molecule has 3 rings (SSSR count). The monoisotopic (exact) mass is 430 g/mol. The van der Waals surface area contributed by atoms with Crippen LogP contribution in [0.3, 0.4) is 0 Å². The first-order valence-corrected chi connectivity index (χ1v) is 10.8. The lowest BCUT2D eigenvalue weighted by Crippen LogP contribution is -2.33. The molecule has 12 heteroatoms. The molecule has 154 valence electrons. The first kappa shape index (κ1) is 22.1. The van der Waals surface area contributed by atoms with Crippen LogP contribution in [0.15, 0.2) is 17.5 Å². The number of alkyl halides is 3. The van der Waals surface area contributed by atoms with Crippen LogP contribution < -0.4 is 4.72 Å². The SMILES string of the molecule is CS(=O)(=O)NC[C@H]1CO[C@@H]2CN(Cc3cccs3)C[C@H]12.O=C(O)C(F)(F)F. The highest BCUT2D eigenvalue weighted by molar-refractivity contribution is 7.88. The second kappa shape index (κ2) is 8.86. The molecule has 2 aliphatic heterocycles. The van der Waals surface area contributed by atoms with Crippen molar-refractivity contribution >= 4 is 27.3 Å². The van der Waals surface area contributed by atoms with E-state index in [0.29, 0.717) is 25.0 Å². The fourth-order valence-electron chi connectivity index (χ4n) is 3.10. The van der Waals surface area contributed by atoms with Crippen molar-refractivity contribution in [3.8, 4) is 0 Å². The number of sulfonamides is 1. The largest absolute Gasteiger partial charge is 0.490 e. The van der Waals surface area contributed by atoms with E-state index in [9.17, 15) is 21.6 Å². The Bertz CT molecular complexity index is 724. The van der Waals surface area contributed by atoms with Gasteiger partial charge in [0.15, 0.2) is 0 Å². The summed E-state index contributed by atoms with van der Waals surface area (Å²) in [5.74, 6) is -2.01. The van der Waals surface area contributed by atoms with Crippen molar-refractivity contribution in [3.63, 3.8) is 0 Å². The van der Waals surface area contributed by atoms with E-state index < -0.39 is 22.2 Å². The van der Waals surface area contributed by atoms with E-state index in [2.05, 4.69) is 27.1 Å². The lowest BCUT2D eigenvalue weighted by molar-refractivity contribution is -0.192. The highest BCUT2D eigenvalue weighted by Gasteiger charge is 2.43. The summed E-state index contributed by atoms with van der Waals surface area (Å²) in [7, 11) is -3.11. The zero-order chi connectivity index (χ0) is 20.2. The van der Waals surface area contributed by atoms with E-state index in [1.165, 1.54) is 11.1 Å². The summed E-state index contributed by atoms with van der Waals surface area (Å²) in [6, 6.07) is 4.23. The van der Waals surface area contributed by atoms with E-state index in [0.717, 1.165) is 19.6 Å². The van der Waals surface area contributed by atoms with Crippen LogP contribution in [0.25, 0.3) is 0 Å². The minimum Gasteiger partial charge on any atom is -0.475 e. The Morgan fingerprint density at radius 3 is 2.63 bits per heavy atom. The molecule has 0 aromatic carbocycles. The molecule has 2 aliphatic rings. The van der Waals surface area contributed by atoms with Crippen LogP contribution in [-0.4, -0.2) is 69.2 Å². The number of carboxylic acid groups (broad SMARTS) is 1. The molecule has 0 bridgehead atoms. The molecule has 1 aromatic rings. The van der Waals surface area contributed by atoms with Crippen LogP contribution in [-0.2, 0) is 26.1 Å². The number of rotatable bonds is 5. The lowest BCUT2D eigenvalue weighted by atomic mass is 9.93. The number of thiophene rings is 1. The quantitative estimate of drug-likeness (QED) is 0.733. The van der Waals surface area contributed by atoms with Crippen molar-refractivity contribution < 1.29 is 36.2 Å². The number of likely N-dealkylation sites (tertiary alicyclic amines) is 1. The molecule has 3 heterocycles. The summed E-state index contributed by atoms with van der Waals surface area (Å²) >= 11 is 1.78. The van der Waals surface area contributed by atoms with Gasteiger partial charge in [-0.05, 0) is 11.4 Å². The Balaban J connectivity index is 0.000000321. The maximum Gasteiger partial charge on any atom is 0.490 e. The van der Waals surface area contributed by atoms with Crippen molar-refractivity contribution in [2.75, 3.05) is 32.5 Å². The summed E-state index contributed by atoms with van der Waals surface area (Å²) in [6.07, 6.45) is -3.61. The van der Waals surface area contributed by atoms with Crippen LogP contribution in [0.1, 0.15) is 4.88 Å². The van der Waals surface area contributed by atoms with E-state index >= 15 is 0 Å². The molecule has 7 nitrogen and oxygen atoms in total. The fourth-order valence-corrected chi connectivity index (χ4v) is 4.36. The first-order chi connectivity index (χ1) is 12.5. The molecule has 0 aliphatic carbocycles. The average Bonchev–Trinajstić information content (AvgIpc) is 3.22. The van der Waals surface area contributed by atoms with Crippen LogP contribution in [0.5, 0.6) is 0 Å². The van der Waals surface area contributed by atoms with Gasteiger partial charge >= 0.3 is 12.1 Å². The maximum absolute atomic E-state index is 11.2. The van der Waals surface area contributed by atoms with Gasteiger partial charge in [0, 0.05) is 42.9 Å². The number of fused-ring (bicyclic) bond motifs is 1. The summed E-state index contributed by atoms with van der Waals surface area (Å²) in [5.41, 5.74) is 0. The zero-order valence-electron chi connectivity index (χ0n) is 14.5. The summed E-state index contributed by atoms with van der Waals surface area (Å²) in [6.45, 7) is 4.09. The number of nitrogens with zero attached hydrogens (tertiary/aromatic N) is 1. The number of hydrogen-bond donors (Lipinski definition) is 2. The van der Waals surface area contributed by atoms with Gasteiger partial charge < -0.3 is 9.84 Å². The standard InChI is InChI=1S/C13H20N2O3S2.C2HF3O2/c1-20(16,17)14-5-10-9-18-13-8-15(7-12(10)13)6-11-3-2-4-19-11;3-2(4,5)1(6)7/h2-4,10,12-14H,5-9H2,1H3;(H,6,7)/t10-,12+,13+;/m0./s1. The summed E-state index contributed by atoms with van der Waals surface area (Å²) in [5, 5.41) is 9.22. The zero-order valence-corrected chi connectivity index (χ0v) is 16.1. The highest BCUT2D eigenvalue weighted by atomic mass is 32.2. The Labute approximate surface area is 159 Å². The average molecular weight is 430 g/mol. The van der Waals surface area contributed by atoms with Crippen LogP contribution in [0.2, 0.25) is 0 Å². The van der Waals surface area contributed by atoms with Crippen LogP contribution in [0, 0.1) is 11.8 Å². The maximum atomic E-state index is 11.2. The number of ether oxygens (including phenoxy) is 1. The molecular formula is C15H21F3N2O5S2. The molecule has 0 spiro atoms. The molecule has 0 radical (unpaired) electrons. The van der Waals surface area contributed by atoms with Crippen LogP contribution >= 0.6 is 11.3 Å². The molecular weight excluding hydrogens is 409 g/mol. The minimum atomic E-state index is -5.08. The summed E-state index contributed by atoms with van der Waals surface area (Å²) in [4.78, 5) is 12.7. The number of carbonyl (C=O) groups is 1. The van der Waals surface area contributed by atoms with Gasteiger partial charge in [-0.25, -0.2) is 17.9 Å². The number of aliphatic carboxylic acids is 1. The molecule has 0 amide bonds. The number of halogens is 3. The Morgan fingerprint density at radius 1 is 1.44 bits per heavy atom. The molecule has 0 saturated carbocycles. The molecule has 0 unspecified atom stereocenters. The van der Waals surface area contributed by atoms with E-state index in [-0.39, 0.29) is 6.10 Å².